The number of aliphatic hydroxyl groups excluding tert-OH is 1. The largest absolute Gasteiger partial charge is 0.497 e. The Kier molecular flexibility index (Phi) is 4.50. The number of aliphatic hydroxyl groups is 1. The topological polar surface area (TPSA) is 47.3 Å². The zero-order valence-corrected chi connectivity index (χ0v) is 12.1. The van der Waals surface area contributed by atoms with Gasteiger partial charge in [-0.15, -0.1) is 0 Å². The Morgan fingerprint density at radius 3 is 2.89 bits per heavy atom. The van der Waals surface area contributed by atoms with E-state index in [4.69, 9.17) is 9.84 Å². The van der Waals surface area contributed by atoms with E-state index in [0.29, 0.717) is 0 Å². The fourth-order valence-electron chi connectivity index (χ4n) is 1.80. The minimum absolute atomic E-state index is 0.0115. The Morgan fingerprint density at radius 2 is 2.26 bits per heavy atom. The van der Waals surface area contributed by atoms with Crippen LogP contribution in [0.5, 0.6) is 5.75 Å². The third-order valence-electron chi connectivity index (χ3n) is 3.05. The third-order valence-corrected chi connectivity index (χ3v) is 4.26. The molecule has 0 saturated carbocycles. The summed E-state index contributed by atoms with van der Waals surface area (Å²) in [4.78, 5) is 4.33. The van der Waals surface area contributed by atoms with Gasteiger partial charge >= 0.3 is 0 Å². The third kappa shape index (κ3) is 3.11. The molecule has 0 amide bonds. The Balaban J connectivity index is 2.15. The van der Waals surface area contributed by atoms with Crippen molar-refractivity contribution in [2.75, 3.05) is 7.11 Å². The van der Waals surface area contributed by atoms with Gasteiger partial charge in [0.05, 0.1) is 25.6 Å². The molecule has 19 heavy (non-hydrogen) atoms. The lowest BCUT2D eigenvalue weighted by atomic mass is 10.1. The van der Waals surface area contributed by atoms with E-state index in [9.17, 15) is 0 Å². The number of methoxy groups -OCH3 is 1. The highest BCUT2D eigenvalue weighted by Gasteiger charge is 2.13. The lowest BCUT2D eigenvalue weighted by Gasteiger charge is -2.12. The molecule has 0 saturated heterocycles. The van der Waals surface area contributed by atoms with Gasteiger partial charge in [0, 0.05) is 12.3 Å². The SMILES string of the molecule is COc1cccc([C@@H](C)Sc2ncc(CO)n2C)c1. The van der Waals surface area contributed by atoms with Crippen LogP contribution in [0.25, 0.3) is 0 Å². The monoisotopic (exact) mass is 278 g/mol. The van der Waals surface area contributed by atoms with Gasteiger partial charge in [-0.2, -0.15) is 0 Å². The normalized spacial score (nSPS) is 12.4. The van der Waals surface area contributed by atoms with Crippen molar-refractivity contribution in [3.05, 3.63) is 41.7 Å². The molecule has 0 radical (unpaired) electrons. The van der Waals surface area contributed by atoms with Gasteiger partial charge in [0.15, 0.2) is 5.16 Å². The molecular formula is C14H18N2O2S. The zero-order valence-electron chi connectivity index (χ0n) is 11.3. The molecule has 0 aliphatic carbocycles. The molecule has 5 heteroatoms. The maximum absolute atomic E-state index is 9.16. The molecule has 4 nitrogen and oxygen atoms in total. The fourth-order valence-corrected chi connectivity index (χ4v) is 2.79. The van der Waals surface area contributed by atoms with Crippen molar-refractivity contribution in [1.29, 1.82) is 0 Å². The van der Waals surface area contributed by atoms with E-state index in [1.165, 1.54) is 5.56 Å². The van der Waals surface area contributed by atoms with Crippen molar-refractivity contribution in [2.24, 2.45) is 7.05 Å². The molecule has 0 spiro atoms. The molecule has 0 aliphatic rings. The molecule has 0 fully saturated rings. The van der Waals surface area contributed by atoms with Gasteiger partial charge in [0.2, 0.25) is 0 Å². The van der Waals surface area contributed by atoms with Crippen LogP contribution in [-0.4, -0.2) is 21.8 Å². The van der Waals surface area contributed by atoms with E-state index >= 15 is 0 Å². The Hall–Kier alpha value is -1.46. The fraction of sp³-hybridized carbons (Fsp3) is 0.357. The van der Waals surface area contributed by atoms with Crippen molar-refractivity contribution in [3.8, 4) is 5.75 Å². The van der Waals surface area contributed by atoms with E-state index in [0.717, 1.165) is 16.6 Å². The Morgan fingerprint density at radius 1 is 1.47 bits per heavy atom. The highest BCUT2D eigenvalue weighted by molar-refractivity contribution is 7.99. The summed E-state index contributed by atoms with van der Waals surface area (Å²) in [6, 6.07) is 8.04. The number of hydrogen-bond donors (Lipinski definition) is 1. The second-order valence-electron chi connectivity index (χ2n) is 4.29. The van der Waals surface area contributed by atoms with Gasteiger partial charge in [-0.3, -0.25) is 0 Å². The molecular weight excluding hydrogens is 260 g/mol. The van der Waals surface area contributed by atoms with E-state index < -0.39 is 0 Å². The van der Waals surface area contributed by atoms with E-state index in [2.05, 4.69) is 18.0 Å². The van der Waals surface area contributed by atoms with Crippen molar-refractivity contribution >= 4 is 11.8 Å². The summed E-state index contributed by atoms with van der Waals surface area (Å²) in [5.41, 5.74) is 2.01. The summed E-state index contributed by atoms with van der Waals surface area (Å²) in [6.07, 6.45) is 1.71. The number of rotatable bonds is 5. The lowest BCUT2D eigenvalue weighted by molar-refractivity contribution is 0.271. The minimum atomic E-state index is 0.0115. The molecule has 2 rings (SSSR count). The molecule has 1 aromatic heterocycles. The van der Waals surface area contributed by atoms with Crippen LogP contribution >= 0.6 is 11.8 Å². The highest BCUT2D eigenvalue weighted by atomic mass is 32.2. The smallest absolute Gasteiger partial charge is 0.168 e. The molecule has 1 N–H and O–H groups in total. The van der Waals surface area contributed by atoms with Crippen LogP contribution < -0.4 is 4.74 Å². The summed E-state index contributed by atoms with van der Waals surface area (Å²) in [7, 11) is 3.59. The van der Waals surface area contributed by atoms with Crippen molar-refractivity contribution in [1.82, 2.24) is 9.55 Å². The van der Waals surface area contributed by atoms with Crippen LogP contribution in [-0.2, 0) is 13.7 Å². The molecule has 1 atom stereocenters. The van der Waals surface area contributed by atoms with Crippen molar-refractivity contribution in [3.63, 3.8) is 0 Å². The maximum Gasteiger partial charge on any atom is 0.168 e. The summed E-state index contributed by atoms with van der Waals surface area (Å²) in [6.45, 7) is 2.14. The average molecular weight is 278 g/mol. The maximum atomic E-state index is 9.16. The summed E-state index contributed by atoms with van der Waals surface area (Å²) < 4.78 is 7.16. The zero-order chi connectivity index (χ0) is 13.8. The summed E-state index contributed by atoms with van der Waals surface area (Å²) in [5.74, 6) is 0.862. The number of imidazole rings is 1. The first-order chi connectivity index (χ1) is 9.15. The lowest BCUT2D eigenvalue weighted by Crippen LogP contribution is -1.99. The van der Waals surface area contributed by atoms with Gasteiger partial charge < -0.3 is 14.4 Å². The predicted octanol–water partition coefficient (Wildman–Crippen LogP) is 2.77. The quantitative estimate of drug-likeness (QED) is 0.854. The van der Waals surface area contributed by atoms with E-state index in [-0.39, 0.29) is 11.9 Å². The molecule has 0 unspecified atom stereocenters. The van der Waals surface area contributed by atoms with Crippen LogP contribution in [0.4, 0.5) is 0 Å². The molecule has 0 bridgehead atoms. The van der Waals surface area contributed by atoms with Crippen LogP contribution in [0.3, 0.4) is 0 Å². The average Bonchev–Trinajstić information content (AvgIpc) is 2.79. The van der Waals surface area contributed by atoms with Crippen LogP contribution in [0, 0.1) is 0 Å². The number of benzene rings is 1. The second kappa shape index (κ2) is 6.12. The van der Waals surface area contributed by atoms with Crippen LogP contribution in [0.2, 0.25) is 0 Å². The number of nitrogens with zero attached hydrogens (tertiary/aromatic N) is 2. The minimum Gasteiger partial charge on any atom is -0.497 e. The summed E-state index contributed by atoms with van der Waals surface area (Å²) in [5, 5.41) is 10.3. The number of thioether (sulfide) groups is 1. The first-order valence-corrected chi connectivity index (χ1v) is 6.95. The predicted molar refractivity (Wildman–Crippen MR) is 76.4 cm³/mol. The number of hydrogen-bond acceptors (Lipinski definition) is 4. The second-order valence-corrected chi connectivity index (χ2v) is 5.59. The standard InChI is InChI=1S/C14H18N2O2S/c1-10(11-5-4-6-13(7-11)18-3)19-14-15-8-12(9-17)16(14)2/h4-8,10,17H,9H2,1-3H3/t10-/m1/s1. The number of ether oxygens (including phenoxy) is 1. The highest BCUT2D eigenvalue weighted by Crippen LogP contribution is 2.35. The Bertz CT molecular complexity index is 554. The summed E-state index contributed by atoms with van der Waals surface area (Å²) >= 11 is 1.66. The number of aromatic nitrogens is 2. The molecule has 1 aromatic carbocycles. The van der Waals surface area contributed by atoms with Gasteiger partial charge in [-0.05, 0) is 24.6 Å². The van der Waals surface area contributed by atoms with Crippen molar-refractivity contribution < 1.29 is 9.84 Å². The van der Waals surface area contributed by atoms with Crippen LogP contribution in [0.1, 0.15) is 23.4 Å². The van der Waals surface area contributed by atoms with Gasteiger partial charge in [0.1, 0.15) is 5.75 Å². The van der Waals surface area contributed by atoms with E-state index in [1.807, 2.05) is 29.8 Å². The van der Waals surface area contributed by atoms with E-state index in [1.54, 1.807) is 25.1 Å². The van der Waals surface area contributed by atoms with Gasteiger partial charge in [0.25, 0.3) is 0 Å². The molecule has 2 aromatic rings. The van der Waals surface area contributed by atoms with Gasteiger partial charge in [-0.1, -0.05) is 23.9 Å². The van der Waals surface area contributed by atoms with Crippen LogP contribution in [0.15, 0.2) is 35.6 Å². The molecule has 1 heterocycles. The van der Waals surface area contributed by atoms with Gasteiger partial charge in [-0.25, -0.2) is 4.98 Å². The molecule has 0 aliphatic heterocycles. The molecule has 102 valence electrons. The first kappa shape index (κ1) is 14.0. The first-order valence-electron chi connectivity index (χ1n) is 6.07. The Labute approximate surface area is 117 Å². The van der Waals surface area contributed by atoms with Crippen molar-refractivity contribution in [2.45, 2.75) is 23.9 Å².